The van der Waals surface area contributed by atoms with Gasteiger partial charge in [0.15, 0.2) is 17.7 Å². The van der Waals surface area contributed by atoms with E-state index in [2.05, 4.69) is 12.2 Å². The van der Waals surface area contributed by atoms with Crippen LogP contribution in [0.15, 0.2) is 24.3 Å². The number of carbonyl (C=O) groups excluding carboxylic acids is 1. The van der Waals surface area contributed by atoms with Crippen LogP contribution in [0.1, 0.15) is 39.5 Å². The van der Waals surface area contributed by atoms with Gasteiger partial charge in [0, 0.05) is 6.54 Å². The van der Waals surface area contributed by atoms with Crippen molar-refractivity contribution in [3.8, 4) is 5.75 Å². The minimum absolute atomic E-state index is 0.123. The van der Waals surface area contributed by atoms with Crippen LogP contribution in [-0.2, 0) is 4.79 Å². The minimum atomic E-state index is -0.640. The van der Waals surface area contributed by atoms with Crippen molar-refractivity contribution >= 4 is 5.91 Å². The van der Waals surface area contributed by atoms with E-state index in [4.69, 9.17) is 4.74 Å². The highest BCUT2D eigenvalue weighted by atomic mass is 19.1. The van der Waals surface area contributed by atoms with E-state index in [0.717, 1.165) is 19.3 Å². The molecule has 0 spiro atoms. The van der Waals surface area contributed by atoms with Crippen molar-refractivity contribution in [1.29, 1.82) is 0 Å². The van der Waals surface area contributed by atoms with Gasteiger partial charge >= 0.3 is 0 Å². The van der Waals surface area contributed by atoms with Crippen LogP contribution in [0.5, 0.6) is 5.75 Å². The monoisotopic (exact) mass is 267 g/mol. The van der Waals surface area contributed by atoms with Crippen LogP contribution < -0.4 is 10.1 Å². The Balaban J connectivity index is 2.48. The fourth-order valence-corrected chi connectivity index (χ4v) is 1.72. The molecule has 19 heavy (non-hydrogen) atoms. The van der Waals surface area contributed by atoms with Crippen molar-refractivity contribution < 1.29 is 13.9 Å². The van der Waals surface area contributed by atoms with Gasteiger partial charge in [0.25, 0.3) is 5.91 Å². The predicted octanol–water partition coefficient (Wildman–Crippen LogP) is 3.29. The zero-order valence-corrected chi connectivity index (χ0v) is 11.6. The molecule has 0 fully saturated rings. The van der Waals surface area contributed by atoms with Crippen LogP contribution in [0, 0.1) is 5.82 Å². The van der Waals surface area contributed by atoms with E-state index in [1.54, 1.807) is 12.1 Å². The van der Waals surface area contributed by atoms with Gasteiger partial charge in [-0.3, -0.25) is 4.79 Å². The number of carbonyl (C=O) groups is 1. The van der Waals surface area contributed by atoms with E-state index in [1.807, 2.05) is 6.92 Å². The lowest BCUT2D eigenvalue weighted by atomic mass is 10.2. The van der Waals surface area contributed by atoms with Crippen molar-refractivity contribution in [2.24, 2.45) is 0 Å². The summed E-state index contributed by atoms with van der Waals surface area (Å²) in [7, 11) is 0. The standard InChI is InChI=1S/C15H22FNO2/c1-3-5-8-11-17-15(18)13(4-2)19-14-10-7-6-9-12(14)16/h6-7,9-10,13H,3-5,8,11H2,1-2H3,(H,17,18)/t13-/m0/s1. The maximum atomic E-state index is 13.4. The molecular formula is C15H22FNO2. The van der Waals surface area contributed by atoms with Crippen molar-refractivity contribution in [3.05, 3.63) is 30.1 Å². The SMILES string of the molecule is CCCCCNC(=O)[C@H](CC)Oc1ccccc1F. The molecule has 1 N–H and O–H groups in total. The van der Waals surface area contributed by atoms with Gasteiger partial charge in [-0.15, -0.1) is 0 Å². The van der Waals surface area contributed by atoms with E-state index >= 15 is 0 Å². The summed E-state index contributed by atoms with van der Waals surface area (Å²) >= 11 is 0. The van der Waals surface area contributed by atoms with Crippen LogP contribution in [0.25, 0.3) is 0 Å². The number of nitrogens with one attached hydrogen (secondary N) is 1. The fraction of sp³-hybridized carbons (Fsp3) is 0.533. The van der Waals surface area contributed by atoms with Gasteiger partial charge in [-0.05, 0) is 25.0 Å². The molecule has 0 aliphatic carbocycles. The molecule has 0 radical (unpaired) electrons. The van der Waals surface area contributed by atoms with Gasteiger partial charge in [0.2, 0.25) is 0 Å². The predicted molar refractivity (Wildman–Crippen MR) is 73.6 cm³/mol. The Hall–Kier alpha value is -1.58. The molecule has 106 valence electrons. The molecule has 0 unspecified atom stereocenters. The number of rotatable bonds is 8. The number of amides is 1. The van der Waals surface area contributed by atoms with Gasteiger partial charge in [-0.1, -0.05) is 38.8 Å². The van der Waals surface area contributed by atoms with Gasteiger partial charge in [0.1, 0.15) is 0 Å². The average Bonchev–Trinajstić information content (AvgIpc) is 2.42. The summed E-state index contributed by atoms with van der Waals surface area (Å²) in [5.41, 5.74) is 0. The van der Waals surface area contributed by atoms with E-state index in [9.17, 15) is 9.18 Å². The lowest BCUT2D eigenvalue weighted by Crippen LogP contribution is -2.38. The number of ether oxygens (including phenoxy) is 1. The molecule has 0 saturated carbocycles. The zero-order valence-electron chi connectivity index (χ0n) is 11.6. The fourth-order valence-electron chi connectivity index (χ4n) is 1.72. The molecule has 4 heteroatoms. The largest absolute Gasteiger partial charge is 0.478 e. The number of unbranched alkanes of at least 4 members (excludes halogenated alkanes) is 2. The molecule has 0 bridgehead atoms. The topological polar surface area (TPSA) is 38.3 Å². The van der Waals surface area contributed by atoms with Crippen LogP contribution in [0.4, 0.5) is 4.39 Å². The number of hydrogen-bond acceptors (Lipinski definition) is 2. The quantitative estimate of drug-likeness (QED) is 0.734. The molecular weight excluding hydrogens is 245 g/mol. The third kappa shape index (κ3) is 5.28. The first-order valence-electron chi connectivity index (χ1n) is 6.87. The Morgan fingerprint density at radius 1 is 1.32 bits per heavy atom. The second kappa shape index (κ2) is 8.51. The lowest BCUT2D eigenvalue weighted by molar-refractivity contribution is -0.128. The van der Waals surface area contributed by atoms with Gasteiger partial charge in [-0.25, -0.2) is 4.39 Å². The number of halogens is 1. The summed E-state index contributed by atoms with van der Waals surface area (Å²) in [5, 5.41) is 2.82. The Morgan fingerprint density at radius 2 is 2.05 bits per heavy atom. The van der Waals surface area contributed by atoms with E-state index in [1.165, 1.54) is 12.1 Å². The summed E-state index contributed by atoms with van der Waals surface area (Å²) in [6, 6.07) is 6.13. The molecule has 0 aliphatic heterocycles. The summed E-state index contributed by atoms with van der Waals surface area (Å²) in [6.45, 7) is 4.60. The second-order valence-corrected chi connectivity index (χ2v) is 4.44. The van der Waals surface area contributed by atoms with E-state index in [-0.39, 0.29) is 11.7 Å². The summed E-state index contributed by atoms with van der Waals surface area (Å²) in [4.78, 5) is 11.9. The molecule has 0 saturated heterocycles. The zero-order chi connectivity index (χ0) is 14.1. The van der Waals surface area contributed by atoms with Crippen LogP contribution in [-0.4, -0.2) is 18.6 Å². The van der Waals surface area contributed by atoms with E-state index in [0.29, 0.717) is 13.0 Å². The molecule has 1 aromatic rings. The normalized spacial score (nSPS) is 11.9. The lowest BCUT2D eigenvalue weighted by Gasteiger charge is -2.17. The Bertz CT molecular complexity index is 395. The molecule has 0 aromatic heterocycles. The summed E-state index contributed by atoms with van der Waals surface area (Å²) in [6.07, 6.45) is 3.02. The molecule has 3 nitrogen and oxygen atoms in total. The highest BCUT2D eigenvalue weighted by molar-refractivity contribution is 5.81. The molecule has 1 rings (SSSR count). The maximum absolute atomic E-state index is 13.4. The highest BCUT2D eigenvalue weighted by Gasteiger charge is 2.19. The number of benzene rings is 1. The van der Waals surface area contributed by atoms with Gasteiger partial charge < -0.3 is 10.1 Å². The number of para-hydroxylation sites is 1. The first-order valence-corrected chi connectivity index (χ1v) is 6.87. The Kier molecular flexibility index (Phi) is 6.93. The molecule has 1 atom stereocenters. The first-order chi connectivity index (χ1) is 9.19. The molecule has 0 heterocycles. The van der Waals surface area contributed by atoms with Crippen molar-refractivity contribution in [2.75, 3.05) is 6.54 Å². The third-order valence-electron chi connectivity index (χ3n) is 2.85. The first kappa shape index (κ1) is 15.5. The van der Waals surface area contributed by atoms with Crippen molar-refractivity contribution in [2.45, 2.75) is 45.6 Å². The molecule has 1 amide bonds. The van der Waals surface area contributed by atoms with E-state index < -0.39 is 11.9 Å². The second-order valence-electron chi connectivity index (χ2n) is 4.44. The smallest absolute Gasteiger partial charge is 0.261 e. The Morgan fingerprint density at radius 3 is 2.68 bits per heavy atom. The van der Waals surface area contributed by atoms with Crippen molar-refractivity contribution in [1.82, 2.24) is 5.32 Å². The number of hydrogen-bond donors (Lipinski definition) is 1. The summed E-state index contributed by atoms with van der Waals surface area (Å²) < 4.78 is 18.9. The molecule has 1 aromatic carbocycles. The van der Waals surface area contributed by atoms with Crippen molar-refractivity contribution in [3.63, 3.8) is 0 Å². The third-order valence-corrected chi connectivity index (χ3v) is 2.85. The van der Waals surface area contributed by atoms with Gasteiger partial charge in [0.05, 0.1) is 0 Å². The summed E-state index contributed by atoms with van der Waals surface area (Å²) in [5.74, 6) is -0.500. The van der Waals surface area contributed by atoms with Crippen LogP contribution in [0.3, 0.4) is 0 Å². The molecule has 0 aliphatic rings. The van der Waals surface area contributed by atoms with Crippen LogP contribution in [0.2, 0.25) is 0 Å². The van der Waals surface area contributed by atoms with Gasteiger partial charge in [-0.2, -0.15) is 0 Å². The average molecular weight is 267 g/mol. The maximum Gasteiger partial charge on any atom is 0.261 e. The Labute approximate surface area is 114 Å². The van der Waals surface area contributed by atoms with Crippen LogP contribution >= 0.6 is 0 Å². The minimum Gasteiger partial charge on any atom is -0.478 e. The highest BCUT2D eigenvalue weighted by Crippen LogP contribution is 2.18.